The van der Waals surface area contributed by atoms with Gasteiger partial charge in [0.05, 0.1) is 0 Å². The maximum Gasteiger partial charge on any atom is 0.123 e. The molecule has 0 saturated heterocycles. The molecule has 1 nitrogen and oxygen atoms in total. The number of aromatic hydroxyl groups is 1. The Hall–Kier alpha value is -2.28. The van der Waals surface area contributed by atoms with Crippen LogP contribution in [0.5, 0.6) is 5.75 Å². The number of fused-ring (bicyclic) bond motifs is 5. The van der Waals surface area contributed by atoms with E-state index in [0.717, 1.165) is 30.0 Å². The average Bonchev–Trinajstić information content (AvgIpc) is 2.92. The van der Waals surface area contributed by atoms with Crippen LogP contribution in [0.15, 0.2) is 54.6 Å². The predicted molar refractivity (Wildman–Crippen MR) is 117 cm³/mol. The lowest BCUT2D eigenvalue weighted by Crippen LogP contribution is -1.90. The molecule has 1 N–H and O–H groups in total. The summed E-state index contributed by atoms with van der Waals surface area (Å²) in [5.74, 6) is 0.402. The molecule has 0 atom stereocenters. The van der Waals surface area contributed by atoms with E-state index in [2.05, 4.69) is 36.4 Å². The number of benzene rings is 3. The van der Waals surface area contributed by atoms with Crippen molar-refractivity contribution in [2.45, 2.75) is 60.8 Å². The Morgan fingerprint density at radius 1 is 0.654 bits per heavy atom. The third-order valence-corrected chi connectivity index (χ3v) is 4.28. The lowest BCUT2D eigenvalue weighted by molar-refractivity contribution is 0.481. The highest BCUT2D eigenvalue weighted by Gasteiger charge is 2.18. The van der Waals surface area contributed by atoms with Gasteiger partial charge >= 0.3 is 0 Å². The van der Waals surface area contributed by atoms with Gasteiger partial charge in [0.1, 0.15) is 5.75 Å². The van der Waals surface area contributed by atoms with Gasteiger partial charge in [-0.2, -0.15) is 0 Å². The van der Waals surface area contributed by atoms with Crippen LogP contribution in [-0.2, 0) is 12.8 Å². The molecular formula is C25H34O. The topological polar surface area (TPSA) is 20.2 Å². The highest BCUT2D eigenvalue weighted by molar-refractivity contribution is 6.02. The van der Waals surface area contributed by atoms with E-state index < -0.39 is 0 Å². The molecule has 0 amide bonds. The van der Waals surface area contributed by atoms with Crippen LogP contribution in [0.2, 0.25) is 0 Å². The Bertz CT molecular complexity index is 802. The van der Waals surface area contributed by atoms with Gasteiger partial charge < -0.3 is 5.11 Å². The van der Waals surface area contributed by atoms with Crippen LogP contribution in [0, 0.1) is 0 Å². The first-order chi connectivity index (χ1) is 12.8. The van der Waals surface area contributed by atoms with Crippen molar-refractivity contribution in [3.63, 3.8) is 0 Å². The van der Waals surface area contributed by atoms with Crippen molar-refractivity contribution in [3.8, 4) is 16.9 Å². The molecule has 0 saturated carbocycles. The Balaban J connectivity index is 0.000000515. The summed E-state index contributed by atoms with van der Waals surface area (Å²) in [7, 11) is 0. The fourth-order valence-electron chi connectivity index (χ4n) is 3.38. The molecule has 3 aromatic rings. The summed E-state index contributed by atoms with van der Waals surface area (Å²) >= 11 is 0. The molecule has 0 fully saturated rings. The van der Waals surface area contributed by atoms with E-state index in [1.807, 2.05) is 59.7 Å². The Morgan fingerprint density at radius 3 is 1.88 bits per heavy atom. The summed E-state index contributed by atoms with van der Waals surface area (Å²) in [5, 5.41) is 12.4. The molecule has 0 unspecified atom stereocenters. The number of hydrogen-bond acceptors (Lipinski definition) is 1. The molecule has 1 aliphatic rings. The number of aryl methyl sites for hydroxylation is 2. The molecular weight excluding hydrogens is 316 g/mol. The summed E-state index contributed by atoms with van der Waals surface area (Å²) in [6.07, 6.45) is 3.28. The minimum atomic E-state index is 0.402. The predicted octanol–water partition coefficient (Wildman–Crippen LogP) is 7.78. The smallest absolute Gasteiger partial charge is 0.123 e. The molecule has 140 valence electrons. The molecule has 0 spiro atoms. The number of hydrogen-bond donors (Lipinski definition) is 1. The van der Waals surface area contributed by atoms with Crippen molar-refractivity contribution < 1.29 is 5.11 Å². The zero-order chi connectivity index (χ0) is 19.5. The lowest BCUT2D eigenvalue weighted by Gasteiger charge is -2.14. The number of phenols is 1. The molecule has 0 heterocycles. The van der Waals surface area contributed by atoms with Gasteiger partial charge in [-0.05, 0) is 53.0 Å². The monoisotopic (exact) mass is 350 g/mol. The summed E-state index contributed by atoms with van der Waals surface area (Å²) in [6.45, 7) is 12.0. The van der Waals surface area contributed by atoms with E-state index in [1.54, 1.807) is 0 Å². The van der Waals surface area contributed by atoms with E-state index in [-0.39, 0.29) is 0 Å². The van der Waals surface area contributed by atoms with Gasteiger partial charge in [0.2, 0.25) is 0 Å². The first-order valence-electron chi connectivity index (χ1n) is 10.2. The summed E-state index contributed by atoms with van der Waals surface area (Å²) in [6, 6.07) is 18.8. The van der Waals surface area contributed by atoms with Gasteiger partial charge in [-0.15, -0.1) is 0 Å². The molecule has 0 aliphatic heterocycles. The zero-order valence-corrected chi connectivity index (χ0v) is 17.3. The van der Waals surface area contributed by atoms with Crippen LogP contribution in [0.1, 0.15) is 59.1 Å². The van der Waals surface area contributed by atoms with E-state index in [1.165, 1.54) is 22.3 Å². The van der Waals surface area contributed by atoms with Crippen LogP contribution in [-0.4, -0.2) is 5.11 Å². The summed E-state index contributed by atoms with van der Waals surface area (Å²) in [4.78, 5) is 0. The van der Waals surface area contributed by atoms with Crippen LogP contribution < -0.4 is 0 Å². The summed E-state index contributed by atoms with van der Waals surface area (Å²) in [5.41, 5.74) is 5.33. The molecule has 0 radical (unpaired) electrons. The minimum absolute atomic E-state index is 0.402. The fraction of sp³-hybridized carbons (Fsp3) is 0.360. The van der Waals surface area contributed by atoms with Crippen molar-refractivity contribution in [3.05, 3.63) is 65.7 Å². The molecule has 1 heteroatoms. The lowest BCUT2D eigenvalue weighted by atomic mass is 9.91. The maximum atomic E-state index is 10.3. The Kier molecular flexibility index (Phi) is 9.51. The minimum Gasteiger partial charge on any atom is -0.507 e. The highest BCUT2D eigenvalue weighted by atomic mass is 16.3. The van der Waals surface area contributed by atoms with Crippen molar-refractivity contribution >= 4 is 10.8 Å². The van der Waals surface area contributed by atoms with Gasteiger partial charge in [-0.25, -0.2) is 0 Å². The largest absolute Gasteiger partial charge is 0.507 e. The van der Waals surface area contributed by atoms with Crippen molar-refractivity contribution in [1.29, 1.82) is 0 Å². The van der Waals surface area contributed by atoms with Gasteiger partial charge in [0.25, 0.3) is 0 Å². The number of rotatable bonds is 0. The number of phenolic OH excluding ortho intramolecular Hbond substituents is 1. The quantitative estimate of drug-likeness (QED) is 0.439. The van der Waals surface area contributed by atoms with Gasteiger partial charge in [0.15, 0.2) is 0 Å². The maximum absolute atomic E-state index is 10.3. The average molecular weight is 351 g/mol. The van der Waals surface area contributed by atoms with E-state index >= 15 is 0 Å². The zero-order valence-electron chi connectivity index (χ0n) is 17.3. The molecule has 4 rings (SSSR count). The van der Waals surface area contributed by atoms with Crippen LogP contribution in [0.25, 0.3) is 21.9 Å². The molecule has 0 bridgehead atoms. The van der Waals surface area contributed by atoms with Crippen molar-refractivity contribution in [2.24, 2.45) is 0 Å². The van der Waals surface area contributed by atoms with Crippen molar-refractivity contribution in [1.82, 2.24) is 0 Å². The summed E-state index contributed by atoms with van der Waals surface area (Å²) < 4.78 is 0. The molecule has 3 aromatic carbocycles. The molecule has 1 aliphatic carbocycles. The van der Waals surface area contributed by atoms with Gasteiger partial charge in [0, 0.05) is 5.39 Å². The van der Waals surface area contributed by atoms with Crippen LogP contribution >= 0.6 is 0 Å². The fourth-order valence-corrected chi connectivity index (χ4v) is 3.38. The molecule has 0 aromatic heterocycles. The van der Waals surface area contributed by atoms with E-state index in [9.17, 15) is 5.11 Å². The van der Waals surface area contributed by atoms with Crippen LogP contribution in [0.4, 0.5) is 0 Å². The first-order valence-corrected chi connectivity index (χ1v) is 10.2. The van der Waals surface area contributed by atoms with Crippen molar-refractivity contribution in [2.75, 3.05) is 0 Å². The second-order valence-corrected chi connectivity index (χ2v) is 5.49. The standard InChI is InChI=1S/C19H16O.3C2H6/c20-18-12-14-8-5-7-13-6-1-2-9-15(13)19(14)17-11-4-3-10-16(17)18;3*1-2/h1-4,6,9-12,20H,5,7-8H2;3*1-2H3. The highest BCUT2D eigenvalue weighted by Crippen LogP contribution is 2.41. The third kappa shape index (κ3) is 4.46. The van der Waals surface area contributed by atoms with E-state index in [0.29, 0.717) is 5.75 Å². The van der Waals surface area contributed by atoms with E-state index in [4.69, 9.17) is 0 Å². The SMILES string of the molecule is CC.CC.CC.Oc1cc2c(c3ccccc13)-c1ccccc1CCC2. The van der Waals surface area contributed by atoms with Gasteiger partial charge in [-0.3, -0.25) is 0 Å². The second kappa shape index (κ2) is 11.4. The third-order valence-electron chi connectivity index (χ3n) is 4.28. The van der Waals surface area contributed by atoms with Crippen LogP contribution in [0.3, 0.4) is 0 Å². The Morgan fingerprint density at radius 2 is 1.19 bits per heavy atom. The Labute approximate surface area is 159 Å². The van der Waals surface area contributed by atoms with Gasteiger partial charge in [-0.1, -0.05) is 90.1 Å². The first kappa shape index (κ1) is 21.8. The second-order valence-electron chi connectivity index (χ2n) is 5.49. The molecule has 26 heavy (non-hydrogen) atoms. The normalized spacial score (nSPS) is 11.2.